The molecule has 280 valence electrons. The highest BCUT2D eigenvalue weighted by Crippen LogP contribution is 2.46. The van der Waals surface area contributed by atoms with E-state index in [4.69, 9.17) is 4.98 Å². The second-order valence-corrected chi connectivity index (χ2v) is 16.5. The van der Waals surface area contributed by atoms with Gasteiger partial charge in [0, 0.05) is 28.5 Å². The van der Waals surface area contributed by atoms with Crippen LogP contribution in [0.3, 0.4) is 0 Å². The molecule has 8 aromatic rings. The van der Waals surface area contributed by atoms with E-state index in [0.717, 1.165) is 59.2 Å². The Labute approximate surface area is 344 Å². The molecule has 0 amide bonds. The molecule has 2 heteroatoms. The van der Waals surface area contributed by atoms with Crippen LogP contribution in [0.4, 0.5) is 0 Å². The van der Waals surface area contributed by atoms with Gasteiger partial charge in [-0.15, -0.1) is 0 Å². The zero-order valence-corrected chi connectivity index (χ0v) is 32.9. The molecule has 4 aliphatic carbocycles. The first-order chi connectivity index (χ1) is 29.2. The van der Waals surface area contributed by atoms with Crippen LogP contribution in [0, 0.1) is 11.8 Å². The molecule has 0 bridgehead atoms. The molecule has 4 aliphatic rings. The van der Waals surface area contributed by atoms with Gasteiger partial charge in [0.15, 0.2) is 0 Å². The lowest BCUT2D eigenvalue weighted by Crippen LogP contribution is -2.39. The van der Waals surface area contributed by atoms with Crippen LogP contribution in [0.5, 0.6) is 0 Å². The van der Waals surface area contributed by atoms with E-state index >= 15 is 0 Å². The number of aryl methyl sites for hydroxylation is 1. The van der Waals surface area contributed by atoms with Gasteiger partial charge in [0.05, 0.1) is 22.2 Å². The van der Waals surface area contributed by atoms with Crippen LogP contribution in [0.1, 0.15) is 46.2 Å². The van der Waals surface area contributed by atoms with E-state index in [1.54, 1.807) is 0 Å². The normalized spacial score (nSPS) is 17.9. The summed E-state index contributed by atoms with van der Waals surface area (Å²) in [6.07, 6.45) is 18.7. The Morgan fingerprint density at radius 3 is 2.22 bits per heavy atom. The fourth-order valence-electron chi connectivity index (χ4n) is 10.4. The third-order valence-electron chi connectivity index (χ3n) is 13.2. The van der Waals surface area contributed by atoms with Gasteiger partial charge in [0.25, 0.3) is 0 Å². The van der Waals surface area contributed by atoms with E-state index in [2.05, 4.69) is 199 Å². The molecule has 6 aromatic carbocycles. The summed E-state index contributed by atoms with van der Waals surface area (Å²) >= 11 is 0. The summed E-state index contributed by atoms with van der Waals surface area (Å²) in [4.78, 5) is 5.39. The number of hydrogen-bond acceptors (Lipinski definition) is 1. The average Bonchev–Trinajstić information content (AvgIpc) is 3.64. The van der Waals surface area contributed by atoms with Crippen LogP contribution in [0.25, 0.3) is 67.8 Å². The van der Waals surface area contributed by atoms with Crippen LogP contribution < -0.4 is 10.4 Å². The van der Waals surface area contributed by atoms with Crippen molar-refractivity contribution in [1.82, 2.24) is 9.55 Å². The van der Waals surface area contributed by atoms with Crippen molar-refractivity contribution in [2.45, 2.75) is 25.7 Å². The lowest BCUT2D eigenvalue weighted by molar-refractivity contribution is 0.743. The van der Waals surface area contributed by atoms with Gasteiger partial charge in [-0.3, -0.25) is 0 Å². The monoisotopic (exact) mass is 754 g/mol. The van der Waals surface area contributed by atoms with E-state index in [1.165, 1.54) is 71.5 Å². The van der Waals surface area contributed by atoms with Crippen molar-refractivity contribution in [3.05, 3.63) is 231 Å². The van der Waals surface area contributed by atoms with Gasteiger partial charge in [0.1, 0.15) is 0 Å². The van der Waals surface area contributed by atoms with Crippen LogP contribution in [0.15, 0.2) is 188 Å². The molecule has 0 aliphatic heterocycles. The van der Waals surface area contributed by atoms with Gasteiger partial charge in [-0.05, 0) is 134 Å². The van der Waals surface area contributed by atoms with Crippen molar-refractivity contribution in [3.8, 4) is 16.9 Å². The summed E-state index contributed by atoms with van der Waals surface area (Å²) in [5.41, 5.74) is 20.4. The van der Waals surface area contributed by atoms with Crippen LogP contribution >= 0.6 is 0 Å². The highest BCUT2D eigenvalue weighted by atomic mass is 15.0. The smallest absolute Gasteiger partial charge is 0.0971 e. The summed E-state index contributed by atoms with van der Waals surface area (Å²) in [6, 6.07) is 58.1. The van der Waals surface area contributed by atoms with Crippen LogP contribution in [0.2, 0.25) is 0 Å². The second-order valence-electron chi connectivity index (χ2n) is 16.5. The Balaban J connectivity index is 1.06. The van der Waals surface area contributed by atoms with Gasteiger partial charge >= 0.3 is 0 Å². The van der Waals surface area contributed by atoms with E-state index in [0.29, 0.717) is 0 Å². The van der Waals surface area contributed by atoms with Crippen molar-refractivity contribution in [1.29, 1.82) is 0 Å². The number of aromatic nitrogens is 2. The third-order valence-corrected chi connectivity index (χ3v) is 13.2. The molecule has 59 heavy (non-hydrogen) atoms. The predicted molar refractivity (Wildman–Crippen MR) is 246 cm³/mol. The highest BCUT2D eigenvalue weighted by molar-refractivity contribution is 6.09. The molecule has 0 fully saturated rings. The maximum Gasteiger partial charge on any atom is 0.0971 e. The molecular weight excluding hydrogens is 713 g/mol. The molecule has 2 heterocycles. The fraction of sp³-hybridized carbons (Fsp3) is 0.105. The average molecular weight is 755 g/mol. The first kappa shape index (κ1) is 34.0. The van der Waals surface area contributed by atoms with Crippen molar-refractivity contribution >= 4 is 50.8 Å². The molecule has 2 unspecified atom stereocenters. The maximum atomic E-state index is 5.39. The molecule has 2 aromatic heterocycles. The van der Waals surface area contributed by atoms with Crippen LogP contribution in [-0.2, 0) is 12.8 Å². The van der Waals surface area contributed by atoms with Gasteiger partial charge in [-0.1, -0.05) is 152 Å². The minimum absolute atomic E-state index is 0.249. The minimum atomic E-state index is 0.249. The number of para-hydroxylation sites is 1. The van der Waals surface area contributed by atoms with Gasteiger partial charge < -0.3 is 4.57 Å². The Kier molecular flexibility index (Phi) is 7.97. The lowest BCUT2D eigenvalue weighted by atomic mass is 9.68. The summed E-state index contributed by atoms with van der Waals surface area (Å²) in [5.74, 6) is 0.526. The van der Waals surface area contributed by atoms with Gasteiger partial charge in [0.2, 0.25) is 0 Å². The zero-order valence-electron chi connectivity index (χ0n) is 32.9. The second kappa shape index (κ2) is 13.8. The molecule has 0 radical (unpaired) electrons. The first-order valence-corrected chi connectivity index (χ1v) is 21.1. The standard InChI is InChI=1S/C57H42N2/c1-3-15-39(16-4-1)52-30-32-54-57(58-52)51-36-43(28-31-53(51)59(54)46-19-5-2-6-20-46)42-27-29-49-50(35-42)56(45-26-24-38-14-8-10-18-41(38)34-45)48-22-12-11-21-47(48)55(49)44-25-23-37-13-7-9-17-40(37)33-44/h1-6,8-12,14-28,30-33,35-36,45,49H,7,13,29,34H2. The predicted octanol–water partition coefficient (Wildman–Crippen LogP) is 12.1. The Hall–Kier alpha value is -7.03. The number of nitrogens with zero attached hydrogens (tertiary/aromatic N) is 2. The lowest BCUT2D eigenvalue weighted by Gasteiger charge is -2.35. The summed E-state index contributed by atoms with van der Waals surface area (Å²) in [5, 5.41) is 3.91. The third kappa shape index (κ3) is 5.66. The topological polar surface area (TPSA) is 17.8 Å². The fourth-order valence-corrected chi connectivity index (χ4v) is 10.4. The Morgan fingerprint density at radius 1 is 0.576 bits per heavy atom. The van der Waals surface area contributed by atoms with E-state index in [9.17, 15) is 0 Å². The summed E-state index contributed by atoms with van der Waals surface area (Å²) in [7, 11) is 0. The molecule has 0 saturated carbocycles. The number of hydrogen-bond donors (Lipinski definition) is 0. The van der Waals surface area contributed by atoms with Gasteiger partial charge in [-0.25, -0.2) is 4.98 Å². The molecule has 0 spiro atoms. The summed E-state index contributed by atoms with van der Waals surface area (Å²) in [6.45, 7) is 0. The largest absolute Gasteiger partial charge is 0.308 e. The van der Waals surface area contributed by atoms with Crippen molar-refractivity contribution in [2.75, 3.05) is 0 Å². The number of fused-ring (bicyclic) bond motifs is 7. The zero-order chi connectivity index (χ0) is 38.9. The number of rotatable bonds is 5. The molecule has 0 saturated heterocycles. The maximum absolute atomic E-state index is 5.39. The Bertz CT molecular complexity index is 3260. The van der Waals surface area contributed by atoms with Crippen molar-refractivity contribution in [3.63, 3.8) is 0 Å². The summed E-state index contributed by atoms with van der Waals surface area (Å²) < 4.78 is 2.37. The van der Waals surface area contributed by atoms with Crippen LogP contribution in [-0.4, -0.2) is 9.55 Å². The van der Waals surface area contributed by atoms with Crippen molar-refractivity contribution < 1.29 is 0 Å². The number of benzene rings is 6. The van der Waals surface area contributed by atoms with Gasteiger partial charge in [-0.2, -0.15) is 0 Å². The van der Waals surface area contributed by atoms with E-state index in [-0.39, 0.29) is 11.8 Å². The Morgan fingerprint density at radius 2 is 1.34 bits per heavy atom. The molecule has 12 rings (SSSR count). The highest BCUT2D eigenvalue weighted by Gasteiger charge is 2.34. The SMILES string of the molecule is C1=Cc2cc(C3=c4ccccc4=C(C4C=Cc5ccccc5C4)C4=CC(c5ccc6c(c5)c5nc(-c7ccccc7)ccc5n6-c5ccccc5)=CCC43)ccc2CC1. The minimum Gasteiger partial charge on any atom is -0.308 e. The molecular formula is C57H42N2. The molecule has 2 nitrogen and oxygen atoms in total. The number of pyridine rings is 1. The number of allylic oxidation sites excluding steroid dienone is 6. The molecule has 2 atom stereocenters. The quantitative estimate of drug-likeness (QED) is 0.171. The van der Waals surface area contributed by atoms with E-state index in [1.807, 2.05) is 0 Å². The first-order valence-electron chi connectivity index (χ1n) is 21.1. The van der Waals surface area contributed by atoms with Crippen molar-refractivity contribution in [2.24, 2.45) is 11.8 Å². The molecule has 0 N–H and O–H groups in total. The van der Waals surface area contributed by atoms with E-state index < -0.39 is 0 Å².